The highest BCUT2D eigenvalue weighted by Crippen LogP contribution is 2.30. The van der Waals surface area contributed by atoms with Crippen LogP contribution in [0.15, 0.2) is 51.9 Å². The molecule has 0 aliphatic heterocycles. The fraction of sp³-hybridized carbons (Fsp3) is 0.261. The number of amides is 2. The summed E-state index contributed by atoms with van der Waals surface area (Å²) in [7, 11) is 0. The summed E-state index contributed by atoms with van der Waals surface area (Å²) in [5.74, 6) is -0.436. The van der Waals surface area contributed by atoms with Gasteiger partial charge in [-0.25, -0.2) is 0 Å². The average Bonchev–Trinajstić information content (AvgIpc) is 3.45. The molecule has 0 unspecified atom stereocenters. The summed E-state index contributed by atoms with van der Waals surface area (Å²) in [6.07, 6.45) is 0.491. The van der Waals surface area contributed by atoms with Gasteiger partial charge in [0.1, 0.15) is 12.6 Å². The number of nitrogens with zero attached hydrogens (tertiary/aromatic N) is 1. The molecule has 2 N–H and O–H groups in total. The van der Waals surface area contributed by atoms with Gasteiger partial charge in [0.25, 0.3) is 5.91 Å². The molecular weight excluding hydrogens is 414 g/mol. The maximum atomic E-state index is 13.1. The molecule has 0 saturated heterocycles. The van der Waals surface area contributed by atoms with Crippen LogP contribution in [0, 0.1) is 17.2 Å². The molecule has 2 amide bonds. The first-order valence-electron chi connectivity index (χ1n) is 9.63. The first kappa shape index (κ1) is 21.8. The predicted molar refractivity (Wildman–Crippen MR) is 122 cm³/mol. The number of nitrogens with one attached hydrogen (secondary N) is 2. The highest BCUT2D eigenvalue weighted by Gasteiger charge is 2.23. The first-order valence-corrected chi connectivity index (χ1v) is 11.5. The Morgan fingerprint density at radius 3 is 2.07 bits per heavy atom. The fourth-order valence-electron chi connectivity index (χ4n) is 3.14. The summed E-state index contributed by atoms with van der Waals surface area (Å²) in [4.78, 5) is 25.5. The minimum Gasteiger partial charge on any atom is -0.341 e. The lowest BCUT2D eigenvalue weighted by atomic mass is 9.97. The number of nitriles is 1. The molecule has 0 fully saturated rings. The fourth-order valence-corrected chi connectivity index (χ4v) is 4.47. The summed E-state index contributed by atoms with van der Waals surface area (Å²) in [6.45, 7) is 3.89. The van der Waals surface area contributed by atoms with E-state index < -0.39 is 6.04 Å². The molecule has 0 aliphatic carbocycles. The van der Waals surface area contributed by atoms with Crippen LogP contribution in [0.4, 0.5) is 0 Å². The molecule has 0 bridgehead atoms. The molecule has 7 heteroatoms. The number of rotatable bonds is 8. The van der Waals surface area contributed by atoms with Crippen molar-refractivity contribution in [3.05, 3.63) is 57.4 Å². The third-order valence-corrected chi connectivity index (χ3v) is 5.94. The van der Waals surface area contributed by atoms with Gasteiger partial charge in [0.05, 0.1) is 6.07 Å². The number of thiophene rings is 2. The van der Waals surface area contributed by atoms with E-state index in [-0.39, 0.29) is 24.3 Å². The molecule has 3 rings (SSSR count). The SMILES string of the molecule is CC(C)C[C@H](NC(=O)c1cc(-c2ccsc2)cc(-c2ccsc2)c1)C(=O)NCC#N. The van der Waals surface area contributed by atoms with Crippen LogP contribution in [0.5, 0.6) is 0 Å². The molecule has 2 aromatic heterocycles. The predicted octanol–water partition coefficient (Wildman–Crippen LogP) is 4.93. The van der Waals surface area contributed by atoms with Crippen molar-refractivity contribution < 1.29 is 9.59 Å². The second-order valence-corrected chi connectivity index (χ2v) is 8.91. The van der Waals surface area contributed by atoms with Gasteiger partial charge >= 0.3 is 0 Å². The van der Waals surface area contributed by atoms with E-state index in [2.05, 4.69) is 16.7 Å². The van der Waals surface area contributed by atoms with Crippen molar-refractivity contribution in [2.45, 2.75) is 26.3 Å². The zero-order valence-electron chi connectivity index (χ0n) is 16.8. The summed E-state index contributed by atoms with van der Waals surface area (Å²) in [5.41, 5.74) is 4.52. The van der Waals surface area contributed by atoms with Gasteiger partial charge in [0, 0.05) is 5.56 Å². The standard InChI is InChI=1S/C23H23N3O2S2/c1-15(2)9-21(23(28)25-6-5-24)26-22(27)20-11-18(16-3-7-29-13-16)10-19(12-20)17-4-8-30-14-17/h3-4,7-8,10-15,21H,6,9H2,1-2H3,(H,25,28)(H,26,27)/t21-/m0/s1. The van der Waals surface area contributed by atoms with Crippen molar-refractivity contribution in [1.82, 2.24) is 10.6 Å². The third kappa shape index (κ3) is 5.56. The lowest BCUT2D eigenvalue weighted by molar-refractivity contribution is -0.123. The Bertz CT molecular complexity index is 983. The van der Waals surface area contributed by atoms with Gasteiger partial charge in [0.15, 0.2) is 0 Å². The number of carbonyl (C=O) groups is 2. The molecule has 0 aliphatic rings. The Labute approximate surface area is 184 Å². The van der Waals surface area contributed by atoms with Crippen LogP contribution in [0.25, 0.3) is 22.3 Å². The number of hydrogen-bond acceptors (Lipinski definition) is 5. The van der Waals surface area contributed by atoms with Gasteiger partial charge in [0.2, 0.25) is 5.91 Å². The average molecular weight is 438 g/mol. The smallest absolute Gasteiger partial charge is 0.251 e. The van der Waals surface area contributed by atoms with Crippen molar-refractivity contribution in [3.63, 3.8) is 0 Å². The highest BCUT2D eigenvalue weighted by molar-refractivity contribution is 7.08. The molecule has 1 aromatic carbocycles. The van der Waals surface area contributed by atoms with Gasteiger partial charge in [-0.05, 0) is 86.4 Å². The second kappa shape index (κ2) is 10.2. The first-order chi connectivity index (χ1) is 14.5. The summed E-state index contributed by atoms with van der Waals surface area (Å²) in [6, 6.07) is 11.0. The van der Waals surface area contributed by atoms with Crippen molar-refractivity contribution in [2.24, 2.45) is 5.92 Å². The highest BCUT2D eigenvalue weighted by atomic mass is 32.1. The van der Waals surface area contributed by atoms with Crippen LogP contribution in [0.3, 0.4) is 0 Å². The minimum atomic E-state index is -0.694. The van der Waals surface area contributed by atoms with Gasteiger partial charge in [-0.1, -0.05) is 13.8 Å². The van der Waals surface area contributed by atoms with Crippen LogP contribution in [-0.2, 0) is 4.79 Å². The summed E-state index contributed by atoms with van der Waals surface area (Å²) < 4.78 is 0. The Morgan fingerprint density at radius 1 is 1.00 bits per heavy atom. The molecule has 5 nitrogen and oxygen atoms in total. The summed E-state index contributed by atoms with van der Waals surface area (Å²) >= 11 is 3.21. The van der Waals surface area contributed by atoms with Gasteiger partial charge in [-0.3, -0.25) is 9.59 Å². The van der Waals surface area contributed by atoms with E-state index in [1.807, 2.05) is 65.7 Å². The van der Waals surface area contributed by atoms with Crippen molar-refractivity contribution in [2.75, 3.05) is 6.54 Å². The molecule has 1 atom stereocenters. The molecule has 0 spiro atoms. The van der Waals surface area contributed by atoms with Crippen molar-refractivity contribution in [1.29, 1.82) is 5.26 Å². The van der Waals surface area contributed by atoms with Crippen LogP contribution in [0.1, 0.15) is 30.6 Å². The monoisotopic (exact) mass is 437 g/mol. The van der Waals surface area contributed by atoms with E-state index in [9.17, 15) is 9.59 Å². The number of benzene rings is 1. The maximum Gasteiger partial charge on any atom is 0.251 e. The van der Waals surface area contributed by atoms with E-state index in [0.717, 1.165) is 22.3 Å². The minimum absolute atomic E-state index is 0.0841. The third-order valence-electron chi connectivity index (χ3n) is 4.57. The Morgan fingerprint density at radius 2 is 1.60 bits per heavy atom. The van der Waals surface area contributed by atoms with Gasteiger partial charge < -0.3 is 10.6 Å². The van der Waals surface area contributed by atoms with E-state index in [1.165, 1.54) is 0 Å². The topological polar surface area (TPSA) is 82.0 Å². The molecule has 0 saturated carbocycles. The van der Waals surface area contributed by atoms with E-state index in [1.54, 1.807) is 22.7 Å². The number of carbonyl (C=O) groups excluding carboxylic acids is 2. The summed E-state index contributed by atoms with van der Waals surface area (Å²) in [5, 5.41) is 22.2. The molecule has 30 heavy (non-hydrogen) atoms. The zero-order valence-corrected chi connectivity index (χ0v) is 18.5. The Balaban J connectivity index is 1.91. The number of hydrogen-bond donors (Lipinski definition) is 2. The molecule has 154 valence electrons. The van der Waals surface area contributed by atoms with Crippen LogP contribution in [0.2, 0.25) is 0 Å². The van der Waals surface area contributed by atoms with Crippen molar-refractivity contribution in [3.8, 4) is 28.3 Å². The Kier molecular flexibility index (Phi) is 7.39. The maximum absolute atomic E-state index is 13.1. The van der Waals surface area contributed by atoms with E-state index in [0.29, 0.717) is 12.0 Å². The van der Waals surface area contributed by atoms with Crippen LogP contribution >= 0.6 is 22.7 Å². The van der Waals surface area contributed by atoms with Crippen molar-refractivity contribution >= 4 is 34.5 Å². The molecular formula is C23H23N3O2S2. The van der Waals surface area contributed by atoms with Crippen LogP contribution in [-0.4, -0.2) is 24.4 Å². The Hall–Kier alpha value is -2.95. The molecule has 2 heterocycles. The second-order valence-electron chi connectivity index (χ2n) is 7.35. The lowest BCUT2D eigenvalue weighted by Gasteiger charge is -2.20. The largest absolute Gasteiger partial charge is 0.341 e. The quantitative estimate of drug-likeness (QED) is 0.490. The molecule has 0 radical (unpaired) electrons. The molecule has 3 aromatic rings. The van der Waals surface area contributed by atoms with Crippen LogP contribution < -0.4 is 10.6 Å². The van der Waals surface area contributed by atoms with Gasteiger partial charge in [-0.2, -0.15) is 27.9 Å². The van der Waals surface area contributed by atoms with E-state index >= 15 is 0 Å². The van der Waals surface area contributed by atoms with E-state index in [4.69, 9.17) is 5.26 Å². The van der Waals surface area contributed by atoms with Gasteiger partial charge in [-0.15, -0.1) is 0 Å². The lowest BCUT2D eigenvalue weighted by Crippen LogP contribution is -2.47. The normalized spacial score (nSPS) is 11.7. The zero-order chi connectivity index (χ0) is 21.5.